The molecular weight excluding hydrogens is 472 g/mol. The highest BCUT2D eigenvalue weighted by Gasteiger charge is 2.39. The van der Waals surface area contributed by atoms with Crippen molar-refractivity contribution in [2.45, 2.75) is 30.3 Å². The monoisotopic (exact) mass is 496 g/mol. The summed E-state index contributed by atoms with van der Waals surface area (Å²) in [6.07, 6.45) is 1.87. The van der Waals surface area contributed by atoms with E-state index in [-0.39, 0.29) is 17.3 Å². The topological polar surface area (TPSA) is 90.0 Å². The molecule has 3 heterocycles. The van der Waals surface area contributed by atoms with Gasteiger partial charge in [0.15, 0.2) is 0 Å². The standard InChI is InChI=1S/C21H25ClN4O4S2/c22-19-9-8-16(31-19)14-24-12-13-26(18(15-24)20(27)25-10-4-5-11-25)21(28)23-32(29,30)17-6-2-1-3-7-17/h1-3,6-9,18H,4-5,10-15H2,(H,23,28). The zero-order valence-corrected chi connectivity index (χ0v) is 19.8. The van der Waals surface area contributed by atoms with Crippen molar-refractivity contribution in [1.82, 2.24) is 19.4 Å². The minimum absolute atomic E-state index is 0.00368. The molecule has 0 radical (unpaired) electrons. The molecule has 2 fully saturated rings. The lowest BCUT2D eigenvalue weighted by Gasteiger charge is -2.41. The maximum atomic E-state index is 13.3. The number of benzene rings is 1. The maximum Gasteiger partial charge on any atom is 0.332 e. The van der Waals surface area contributed by atoms with Gasteiger partial charge >= 0.3 is 6.03 Å². The van der Waals surface area contributed by atoms with Gasteiger partial charge in [0.05, 0.1) is 9.23 Å². The van der Waals surface area contributed by atoms with Crippen molar-refractivity contribution in [2.75, 3.05) is 32.7 Å². The third kappa shape index (κ3) is 5.25. The molecule has 32 heavy (non-hydrogen) atoms. The average molecular weight is 497 g/mol. The predicted molar refractivity (Wildman–Crippen MR) is 123 cm³/mol. The van der Waals surface area contributed by atoms with Crippen molar-refractivity contribution in [2.24, 2.45) is 0 Å². The molecule has 0 saturated carbocycles. The molecule has 0 aliphatic carbocycles. The normalized spacial score (nSPS) is 19.8. The average Bonchev–Trinajstić information content (AvgIpc) is 3.45. The minimum atomic E-state index is -4.03. The molecule has 2 saturated heterocycles. The quantitative estimate of drug-likeness (QED) is 0.687. The van der Waals surface area contributed by atoms with E-state index in [1.165, 1.54) is 28.4 Å². The molecule has 2 aromatic rings. The minimum Gasteiger partial charge on any atom is -0.341 e. The predicted octanol–water partition coefficient (Wildman–Crippen LogP) is 2.61. The number of halogens is 1. The lowest BCUT2D eigenvalue weighted by molar-refractivity contribution is -0.137. The lowest BCUT2D eigenvalue weighted by atomic mass is 10.1. The number of carbonyl (C=O) groups excluding carboxylic acids is 2. The Bertz CT molecular complexity index is 1070. The van der Waals surface area contributed by atoms with Gasteiger partial charge in [-0.2, -0.15) is 0 Å². The highest BCUT2D eigenvalue weighted by atomic mass is 35.5. The molecule has 11 heteroatoms. The second-order valence-electron chi connectivity index (χ2n) is 7.91. The van der Waals surface area contributed by atoms with E-state index in [0.717, 1.165) is 17.7 Å². The Balaban J connectivity index is 1.51. The Kier molecular flexibility index (Phi) is 7.04. The SMILES string of the molecule is O=C(C1CN(Cc2ccc(Cl)s2)CCN1C(=O)NS(=O)(=O)c1ccccc1)N1CCCC1. The number of thiophene rings is 1. The summed E-state index contributed by atoms with van der Waals surface area (Å²) in [5.41, 5.74) is 0. The second-order valence-corrected chi connectivity index (χ2v) is 11.4. The smallest absolute Gasteiger partial charge is 0.332 e. The van der Waals surface area contributed by atoms with E-state index < -0.39 is 22.1 Å². The number of urea groups is 1. The molecule has 2 aliphatic heterocycles. The van der Waals surface area contributed by atoms with E-state index in [1.807, 2.05) is 12.1 Å². The molecule has 1 unspecified atom stereocenters. The summed E-state index contributed by atoms with van der Waals surface area (Å²) in [4.78, 5) is 32.6. The van der Waals surface area contributed by atoms with Crippen LogP contribution in [0.15, 0.2) is 47.4 Å². The summed E-state index contributed by atoms with van der Waals surface area (Å²) in [5, 5.41) is 0. The molecule has 2 aliphatic rings. The zero-order chi connectivity index (χ0) is 22.7. The summed E-state index contributed by atoms with van der Waals surface area (Å²) in [6.45, 7) is 3.06. The zero-order valence-electron chi connectivity index (χ0n) is 17.4. The van der Waals surface area contributed by atoms with Crippen LogP contribution in [0.3, 0.4) is 0 Å². The lowest BCUT2D eigenvalue weighted by Crippen LogP contribution is -2.62. The molecule has 1 aromatic carbocycles. The molecule has 1 atom stereocenters. The Morgan fingerprint density at radius 1 is 1.03 bits per heavy atom. The van der Waals surface area contributed by atoms with Crippen LogP contribution in [0, 0.1) is 0 Å². The van der Waals surface area contributed by atoms with Crippen LogP contribution in [0.1, 0.15) is 17.7 Å². The van der Waals surface area contributed by atoms with Gasteiger partial charge in [0, 0.05) is 44.1 Å². The van der Waals surface area contributed by atoms with Crippen LogP contribution < -0.4 is 4.72 Å². The third-order valence-corrected chi connectivity index (χ3v) is 8.26. The molecule has 1 N–H and O–H groups in total. The van der Waals surface area contributed by atoms with Gasteiger partial charge in [0.1, 0.15) is 6.04 Å². The van der Waals surface area contributed by atoms with Crippen molar-refractivity contribution in [3.8, 4) is 0 Å². The summed E-state index contributed by atoms with van der Waals surface area (Å²) in [7, 11) is -4.03. The molecule has 3 amide bonds. The molecule has 0 spiro atoms. The molecule has 172 valence electrons. The number of hydrogen-bond donors (Lipinski definition) is 1. The van der Waals surface area contributed by atoms with Gasteiger partial charge in [-0.3, -0.25) is 9.69 Å². The number of amides is 3. The van der Waals surface area contributed by atoms with Gasteiger partial charge in [-0.25, -0.2) is 17.9 Å². The summed E-state index contributed by atoms with van der Waals surface area (Å²) < 4.78 is 28.1. The fourth-order valence-electron chi connectivity index (χ4n) is 4.08. The summed E-state index contributed by atoms with van der Waals surface area (Å²) in [6, 6.07) is 10.0. The number of rotatable bonds is 5. The van der Waals surface area contributed by atoms with E-state index >= 15 is 0 Å². The first kappa shape index (κ1) is 23.0. The first-order valence-corrected chi connectivity index (χ1v) is 13.1. The largest absolute Gasteiger partial charge is 0.341 e. The number of hydrogen-bond acceptors (Lipinski definition) is 6. The highest BCUT2D eigenvalue weighted by molar-refractivity contribution is 7.90. The fourth-order valence-corrected chi connectivity index (χ4v) is 6.19. The van der Waals surface area contributed by atoms with Crippen LogP contribution >= 0.6 is 22.9 Å². The Labute approximate surface area is 196 Å². The third-order valence-electron chi connectivity index (χ3n) is 5.71. The number of sulfonamides is 1. The van der Waals surface area contributed by atoms with Gasteiger partial charge in [0.25, 0.3) is 10.0 Å². The Morgan fingerprint density at radius 3 is 2.41 bits per heavy atom. The highest BCUT2D eigenvalue weighted by Crippen LogP contribution is 2.25. The van der Waals surface area contributed by atoms with Crippen LogP contribution in [0.2, 0.25) is 4.34 Å². The number of carbonyl (C=O) groups is 2. The number of nitrogens with one attached hydrogen (secondary N) is 1. The van der Waals surface area contributed by atoms with Crippen molar-refractivity contribution >= 4 is 44.9 Å². The van der Waals surface area contributed by atoms with E-state index in [2.05, 4.69) is 9.62 Å². The fraction of sp³-hybridized carbons (Fsp3) is 0.429. The van der Waals surface area contributed by atoms with Crippen molar-refractivity contribution in [1.29, 1.82) is 0 Å². The van der Waals surface area contributed by atoms with Crippen LogP contribution in [0.5, 0.6) is 0 Å². The van der Waals surface area contributed by atoms with E-state index in [4.69, 9.17) is 11.6 Å². The van der Waals surface area contributed by atoms with Crippen LogP contribution in [-0.2, 0) is 21.4 Å². The molecule has 8 nitrogen and oxygen atoms in total. The summed E-state index contributed by atoms with van der Waals surface area (Å²) in [5.74, 6) is -0.135. The Hall–Kier alpha value is -2.14. The Morgan fingerprint density at radius 2 is 1.75 bits per heavy atom. The summed E-state index contributed by atoms with van der Waals surface area (Å²) >= 11 is 7.53. The van der Waals surface area contributed by atoms with Crippen molar-refractivity contribution < 1.29 is 18.0 Å². The number of nitrogens with zero attached hydrogens (tertiary/aromatic N) is 3. The van der Waals surface area contributed by atoms with Crippen molar-refractivity contribution in [3.63, 3.8) is 0 Å². The maximum absolute atomic E-state index is 13.3. The molecule has 1 aromatic heterocycles. The van der Waals surface area contributed by atoms with Gasteiger partial charge in [0.2, 0.25) is 5.91 Å². The number of likely N-dealkylation sites (tertiary alicyclic amines) is 1. The van der Waals surface area contributed by atoms with Gasteiger partial charge in [-0.1, -0.05) is 29.8 Å². The van der Waals surface area contributed by atoms with Gasteiger partial charge in [-0.05, 0) is 37.1 Å². The van der Waals surface area contributed by atoms with Crippen LogP contribution in [0.4, 0.5) is 4.79 Å². The van der Waals surface area contributed by atoms with Gasteiger partial charge in [-0.15, -0.1) is 11.3 Å². The van der Waals surface area contributed by atoms with Gasteiger partial charge < -0.3 is 9.80 Å². The molecule has 0 bridgehead atoms. The van der Waals surface area contributed by atoms with Crippen molar-refractivity contribution in [3.05, 3.63) is 51.7 Å². The van der Waals surface area contributed by atoms with E-state index in [0.29, 0.717) is 37.1 Å². The first-order valence-electron chi connectivity index (χ1n) is 10.5. The number of piperazine rings is 1. The molecular formula is C21H25ClN4O4S2. The van der Waals surface area contributed by atoms with E-state index in [9.17, 15) is 18.0 Å². The van der Waals surface area contributed by atoms with E-state index in [1.54, 1.807) is 23.1 Å². The molecule has 4 rings (SSSR count). The second kappa shape index (κ2) is 9.78. The first-order chi connectivity index (χ1) is 15.3. The van der Waals surface area contributed by atoms with Crippen LogP contribution in [0.25, 0.3) is 0 Å². The van der Waals surface area contributed by atoms with Crippen LogP contribution in [-0.4, -0.2) is 73.8 Å².